The number of esters is 1. The van der Waals surface area contributed by atoms with Gasteiger partial charge in [0.2, 0.25) is 0 Å². The molecule has 0 radical (unpaired) electrons. The summed E-state index contributed by atoms with van der Waals surface area (Å²) in [4.78, 5) is 23.1. The van der Waals surface area contributed by atoms with Crippen molar-refractivity contribution in [3.8, 4) is 5.75 Å². The Morgan fingerprint density at radius 2 is 1.93 bits per heavy atom. The van der Waals surface area contributed by atoms with Crippen LogP contribution in [-0.4, -0.2) is 17.7 Å². The molecule has 0 fully saturated rings. The molecule has 4 rings (SSSR count). The number of benzene rings is 3. The highest BCUT2D eigenvalue weighted by atomic mass is 16.7. The van der Waals surface area contributed by atoms with E-state index < -0.39 is 10.9 Å². The number of nitro groups is 1. The number of hydrogen-bond acceptors (Lipinski definition) is 6. The number of hydrogen-bond donors (Lipinski definition) is 0. The molecule has 1 aliphatic rings. The van der Waals surface area contributed by atoms with Crippen molar-refractivity contribution in [3.05, 3.63) is 81.4 Å². The maximum Gasteiger partial charge on any atom is 0.338 e. The highest BCUT2D eigenvalue weighted by Crippen LogP contribution is 2.33. The summed E-state index contributed by atoms with van der Waals surface area (Å²) in [6, 6.07) is 15.8. The molecule has 3 aromatic carbocycles. The molecule has 0 atom stereocenters. The fourth-order valence-electron chi connectivity index (χ4n) is 3.04. The van der Waals surface area contributed by atoms with E-state index >= 15 is 0 Å². The summed E-state index contributed by atoms with van der Waals surface area (Å²) in [5.41, 5.74) is 1.32. The molecule has 0 aromatic heterocycles. The molecule has 0 aliphatic carbocycles. The largest absolute Gasteiger partial charge is 0.467 e. The SMILES string of the molecule is O=C(OCc1cc([N+](=O)[O-])cc2c1OCOC2)c1ccc2ccccc2c1. The Hall–Kier alpha value is -3.45. The van der Waals surface area contributed by atoms with Crippen molar-refractivity contribution in [3.63, 3.8) is 0 Å². The second kappa shape index (κ2) is 7.05. The molecule has 7 heteroatoms. The Morgan fingerprint density at radius 1 is 1.11 bits per heavy atom. The van der Waals surface area contributed by atoms with Crippen LogP contribution in [0.3, 0.4) is 0 Å². The number of fused-ring (bicyclic) bond motifs is 2. The molecule has 136 valence electrons. The number of non-ortho nitro benzene ring substituents is 1. The summed E-state index contributed by atoms with van der Waals surface area (Å²) in [5.74, 6) is -0.0359. The maximum atomic E-state index is 12.4. The fraction of sp³-hybridized carbons (Fsp3) is 0.150. The molecule has 0 bridgehead atoms. The molecule has 27 heavy (non-hydrogen) atoms. The van der Waals surface area contributed by atoms with Gasteiger partial charge >= 0.3 is 5.97 Å². The molecule has 0 amide bonds. The highest BCUT2D eigenvalue weighted by Gasteiger charge is 2.22. The number of carbonyl (C=O) groups is 1. The highest BCUT2D eigenvalue weighted by molar-refractivity contribution is 5.95. The average molecular weight is 365 g/mol. The standard InChI is InChI=1S/C20H15NO6/c22-20(15-6-5-13-3-1-2-4-14(13)7-15)26-11-17-9-18(21(23)24)8-16-10-25-12-27-19(16)17/h1-9H,10-12H2. The number of ether oxygens (including phenoxy) is 3. The third-order valence-corrected chi connectivity index (χ3v) is 4.33. The van der Waals surface area contributed by atoms with Crippen molar-refractivity contribution in [1.29, 1.82) is 0 Å². The first-order valence-electron chi connectivity index (χ1n) is 8.28. The van der Waals surface area contributed by atoms with Crippen LogP contribution in [0.1, 0.15) is 21.5 Å². The summed E-state index contributed by atoms with van der Waals surface area (Å²) in [5, 5.41) is 13.1. The minimum atomic E-state index is -0.506. The van der Waals surface area contributed by atoms with Crippen LogP contribution >= 0.6 is 0 Å². The van der Waals surface area contributed by atoms with Gasteiger partial charge in [-0.25, -0.2) is 4.79 Å². The van der Waals surface area contributed by atoms with Gasteiger partial charge in [-0.05, 0) is 22.9 Å². The Labute approximate surface area is 154 Å². The molecule has 0 spiro atoms. The molecule has 0 N–H and O–H groups in total. The summed E-state index contributed by atoms with van der Waals surface area (Å²) in [6.45, 7) is 0.134. The fourth-order valence-corrected chi connectivity index (χ4v) is 3.04. The van der Waals surface area contributed by atoms with Gasteiger partial charge in [0.25, 0.3) is 5.69 Å². The number of nitro benzene ring substituents is 1. The topological polar surface area (TPSA) is 87.9 Å². The van der Waals surface area contributed by atoms with Gasteiger partial charge in [0.1, 0.15) is 12.4 Å². The van der Waals surface area contributed by atoms with Crippen molar-refractivity contribution in [2.75, 3.05) is 6.79 Å². The van der Waals surface area contributed by atoms with Gasteiger partial charge < -0.3 is 14.2 Å². The van der Waals surface area contributed by atoms with Crippen molar-refractivity contribution in [2.45, 2.75) is 13.2 Å². The van der Waals surface area contributed by atoms with E-state index in [1.54, 1.807) is 12.1 Å². The zero-order valence-corrected chi connectivity index (χ0v) is 14.2. The summed E-state index contributed by atoms with van der Waals surface area (Å²) >= 11 is 0. The lowest BCUT2D eigenvalue weighted by atomic mass is 10.1. The van der Waals surface area contributed by atoms with E-state index in [4.69, 9.17) is 14.2 Å². The third kappa shape index (κ3) is 3.45. The van der Waals surface area contributed by atoms with E-state index in [0.717, 1.165) is 10.8 Å². The van der Waals surface area contributed by atoms with Crippen molar-refractivity contribution in [2.24, 2.45) is 0 Å². The molecule has 1 aliphatic heterocycles. The maximum absolute atomic E-state index is 12.4. The second-order valence-corrected chi connectivity index (χ2v) is 6.10. The molecule has 3 aromatic rings. The van der Waals surface area contributed by atoms with Crippen LogP contribution in [0, 0.1) is 10.1 Å². The van der Waals surface area contributed by atoms with E-state index in [2.05, 4.69) is 0 Å². The Morgan fingerprint density at radius 3 is 2.74 bits per heavy atom. The van der Waals surface area contributed by atoms with Crippen LogP contribution in [0.2, 0.25) is 0 Å². The lowest BCUT2D eigenvalue weighted by molar-refractivity contribution is -0.385. The van der Waals surface area contributed by atoms with Gasteiger partial charge in [0, 0.05) is 23.3 Å². The van der Waals surface area contributed by atoms with Crippen molar-refractivity contribution in [1.82, 2.24) is 0 Å². The molecular weight excluding hydrogens is 350 g/mol. The van der Waals surface area contributed by atoms with Crippen molar-refractivity contribution >= 4 is 22.4 Å². The van der Waals surface area contributed by atoms with Crippen molar-refractivity contribution < 1.29 is 23.9 Å². The normalized spacial score (nSPS) is 12.9. The molecule has 0 unspecified atom stereocenters. The first-order valence-corrected chi connectivity index (χ1v) is 8.28. The quantitative estimate of drug-likeness (QED) is 0.395. The van der Waals surface area contributed by atoms with Crippen LogP contribution in [-0.2, 0) is 22.7 Å². The number of nitrogens with zero attached hydrogens (tertiary/aromatic N) is 1. The average Bonchev–Trinajstić information content (AvgIpc) is 2.71. The van der Waals surface area contributed by atoms with Gasteiger partial charge in [-0.15, -0.1) is 0 Å². The van der Waals surface area contributed by atoms with E-state index in [9.17, 15) is 14.9 Å². The smallest absolute Gasteiger partial charge is 0.338 e. The second-order valence-electron chi connectivity index (χ2n) is 6.10. The van der Waals surface area contributed by atoms with Gasteiger partial charge in [-0.2, -0.15) is 0 Å². The molecule has 7 nitrogen and oxygen atoms in total. The zero-order chi connectivity index (χ0) is 18.8. The first kappa shape index (κ1) is 17.0. The molecule has 0 saturated heterocycles. The Balaban J connectivity index is 1.57. The summed E-state index contributed by atoms with van der Waals surface area (Å²) in [7, 11) is 0. The predicted octanol–water partition coefficient (Wildman–Crippen LogP) is 3.97. The van der Waals surface area contributed by atoms with Crippen LogP contribution < -0.4 is 4.74 Å². The molecule has 0 saturated carbocycles. The van der Waals surface area contributed by atoms with Crippen LogP contribution in [0.4, 0.5) is 5.69 Å². The van der Waals surface area contributed by atoms with Gasteiger partial charge in [-0.1, -0.05) is 30.3 Å². The zero-order valence-electron chi connectivity index (χ0n) is 14.2. The van der Waals surface area contributed by atoms with Crippen LogP contribution in [0.5, 0.6) is 5.75 Å². The molecule has 1 heterocycles. The van der Waals surface area contributed by atoms with E-state index in [0.29, 0.717) is 22.4 Å². The van der Waals surface area contributed by atoms with E-state index in [1.165, 1.54) is 12.1 Å². The minimum absolute atomic E-state index is 0.0520. The Bertz CT molecular complexity index is 1050. The van der Waals surface area contributed by atoms with Crippen LogP contribution in [0.25, 0.3) is 10.8 Å². The Kier molecular flexibility index (Phi) is 4.43. The van der Waals surface area contributed by atoms with Crippen LogP contribution in [0.15, 0.2) is 54.6 Å². The lowest BCUT2D eigenvalue weighted by Crippen LogP contribution is -2.15. The summed E-state index contributed by atoms with van der Waals surface area (Å²) < 4.78 is 16.0. The van der Waals surface area contributed by atoms with E-state index in [1.807, 2.05) is 30.3 Å². The van der Waals surface area contributed by atoms with Gasteiger partial charge in [0.15, 0.2) is 6.79 Å². The number of rotatable bonds is 4. The third-order valence-electron chi connectivity index (χ3n) is 4.33. The first-order chi connectivity index (χ1) is 13.1. The predicted molar refractivity (Wildman–Crippen MR) is 96.4 cm³/mol. The van der Waals surface area contributed by atoms with Gasteiger partial charge in [-0.3, -0.25) is 10.1 Å². The number of carbonyl (C=O) groups excluding carboxylic acids is 1. The van der Waals surface area contributed by atoms with E-state index in [-0.39, 0.29) is 25.7 Å². The van der Waals surface area contributed by atoms with Gasteiger partial charge in [0.05, 0.1) is 17.1 Å². The monoisotopic (exact) mass is 365 g/mol. The lowest BCUT2D eigenvalue weighted by Gasteiger charge is -2.20. The minimum Gasteiger partial charge on any atom is -0.467 e. The molecular formula is C20H15NO6. The summed E-state index contributed by atoms with van der Waals surface area (Å²) in [6.07, 6.45) is 0.